The second-order valence-corrected chi connectivity index (χ2v) is 8.70. The monoisotopic (exact) mass is 380 g/mol. The first-order chi connectivity index (χ1) is 11.0. The molecule has 0 aliphatic carbocycles. The van der Waals surface area contributed by atoms with Gasteiger partial charge in [-0.15, -0.1) is 10.2 Å². The van der Waals surface area contributed by atoms with E-state index in [9.17, 15) is 21.6 Å². The van der Waals surface area contributed by atoms with E-state index in [-0.39, 0.29) is 18.2 Å². The third-order valence-corrected chi connectivity index (χ3v) is 4.29. The lowest BCUT2D eigenvalue weighted by Gasteiger charge is -2.07. The van der Waals surface area contributed by atoms with Crippen molar-refractivity contribution in [3.63, 3.8) is 0 Å². The standard InChI is InChI=1S/C10H12N4O8S2/c1-23(17,18)9-13-11-6(21-9)3-5(4-7(15)16)8-12-14-10(22-8)24(2,19)20/h5H,3-4H2,1-2H3,(H,15,16). The molecule has 0 aliphatic rings. The van der Waals surface area contributed by atoms with Gasteiger partial charge in [0.15, 0.2) is 0 Å². The number of aromatic nitrogens is 4. The topological polar surface area (TPSA) is 183 Å². The highest BCUT2D eigenvalue weighted by atomic mass is 32.2. The Bertz CT molecular complexity index is 959. The van der Waals surface area contributed by atoms with E-state index in [1.165, 1.54) is 0 Å². The predicted octanol–water partition coefficient (Wildman–Crippen LogP) is -0.939. The highest BCUT2D eigenvalue weighted by Gasteiger charge is 2.28. The van der Waals surface area contributed by atoms with Crippen molar-refractivity contribution in [3.05, 3.63) is 11.8 Å². The summed E-state index contributed by atoms with van der Waals surface area (Å²) in [6.45, 7) is 0. The quantitative estimate of drug-likeness (QED) is 0.622. The molecular formula is C10H12N4O8S2. The maximum atomic E-state index is 11.3. The Morgan fingerprint density at radius 3 is 2.00 bits per heavy atom. The number of carboxylic acid groups (broad SMARTS) is 1. The molecule has 0 bridgehead atoms. The molecule has 1 atom stereocenters. The minimum absolute atomic E-state index is 0.166. The summed E-state index contributed by atoms with van der Waals surface area (Å²) in [5.41, 5.74) is 0. The van der Waals surface area contributed by atoms with Gasteiger partial charge in [0, 0.05) is 18.9 Å². The van der Waals surface area contributed by atoms with Crippen LogP contribution in [0.2, 0.25) is 0 Å². The van der Waals surface area contributed by atoms with E-state index in [1.54, 1.807) is 0 Å². The third kappa shape index (κ3) is 4.35. The van der Waals surface area contributed by atoms with Crippen LogP contribution in [-0.4, -0.2) is 60.8 Å². The van der Waals surface area contributed by atoms with E-state index < -0.39 is 48.4 Å². The molecule has 1 N–H and O–H groups in total. The van der Waals surface area contributed by atoms with Gasteiger partial charge in [-0.05, 0) is 0 Å². The first-order valence-corrected chi connectivity index (χ1v) is 10.0. The van der Waals surface area contributed by atoms with Crippen molar-refractivity contribution in [3.8, 4) is 0 Å². The molecule has 0 aliphatic heterocycles. The van der Waals surface area contributed by atoms with Gasteiger partial charge in [-0.3, -0.25) is 4.79 Å². The highest BCUT2D eigenvalue weighted by Crippen LogP contribution is 2.24. The van der Waals surface area contributed by atoms with Crippen molar-refractivity contribution >= 4 is 25.6 Å². The SMILES string of the molecule is CS(=O)(=O)c1nnc(CC(CC(=O)O)c2nnc(S(C)(=O)=O)o2)o1. The third-order valence-electron chi connectivity index (χ3n) is 2.70. The Morgan fingerprint density at radius 2 is 1.54 bits per heavy atom. The Balaban J connectivity index is 2.31. The molecule has 14 heteroatoms. The minimum atomic E-state index is -3.75. The van der Waals surface area contributed by atoms with Gasteiger partial charge in [-0.25, -0.2) is 16.8 Å². The Labute approximate surface area is 135 Å². The molecule has 0 saturated heterocycles. The van der Waals surface area contributed by atoms with E-state index in [0.29, 0.717) is 0 Å². The molecule has 2 aromatic rings. The van der Waals surface area contributed by atoms with E-state index >= 15 is 0 Å². The van der Waals surface area contributed by atoms with E-state index in [0.717, 1.165) is 12.5 Å². The molecule has 2 rings (SSSR count). The Kier molecular flexibility index (Phi) is 4.70. The predicted molar refractivity (Wildman–Crippen MR) is 73.5 cm³/mol. The summed E-state index contributed by atoms with van der Waals surface area (Å²) in [5.74, 6) is -2.61. The summed E-state index contributed by atoms with van der Waals surface area (Å²) in [4.78, 5) is 11.0. The molecule has 0 spiro atoms. The van der Waals surface area contributed by atoms with Crippen LogP contribution in [0.1, 0.15) is 24.1 Å². The van der Waals surface area contributed by atoms with Crippen molar-refractivity contribution in [2.24, 2.45) is 0 Å². The van der Waals surface area contributed by atoms with E-state index in [1.807, 2.05) is 0 Å². The van der Waals surface area contributed by atoms with Gasteiger partial charge in [-0.1, -0.05) is 10.2 Å². The van der Waals surface area contributed by atoms with Gasteiger partial charge in [0.25, 0.3) is 0 Å². The van der Waals surface area contributed by atoms with Crippen LogP contribution in [0.5, 0.6) is 0 Å². The lowest BCUT2D eigenvalue weighted by molar-refractivity contribution is -0.137. The van der Waals surface area contributed by atoms with Crippen molar-refractivity contribution in [2.75, 3.05) is 12.5 Å². The average Bonchev–Trinajstić information content (AvgIpc) is 3.04. The molecule has 0 amide bonds. The second-order valence-electron chi connectivity index (χ2n) is 4.91. The second kappa shape index (κ2) is 6.27. The van der Waals surface area contributed by atoms with E-state index in [4.69, 9.17) is 13.9 Å². The lowest BCUT2D eigenvalue weighted by atomic mass is 10.0. The van der Waals surface area contributed by atoms with E-state index in [2.05, 4.69) is 20.4 Å². The fourth-order valence-electron chi connectivity index (χ4n) is 1.67. The molecule has 0 saturated carbocycles. The summed E-state index contributed by atoms with van der Waals surface area (Å²) in [6.07, 6.45) is 1.00. The number of carboxylic acids is 1. The molecule has 0 radical (unpaired) electrons. The fourth-order valence-corrected chi connectivity index (χ4v) is 2.54. The largest absolute Gasteiger partial charge is 0.481 e. The zero-order valence-corrected chi connectivity index (χ0v) is 14.0. The molecule has 24 heavy (non-hydrogen) atoms. The van der Waals surface area contributed by atoms with Crippen LogP contribution in [0.15, 0.2) is 19.3 Å². The molecule has 2 heterocycles. The molecule has 2 aromatic heterocycles. The van der Waals surface area contributed by atoms with Gasteiger partial charge >= 0.3 is 16.4 Å². The van der Waals surface area contributed by atoms with Gasteiger partial charge in [0.1, 0.15) is 0 Å². The molecule has 0 aromatic carbocycles. The summed E-state index contributed by atoms with van der Waals surface area (Å²) < 4.78 is 55.2. The van der Waals surface area contributed by atoms with Crippen LogP contribution in [-0.2, 0) is 30.9 Å². The Morgan fingerprint density at radius 1 is 1.00 bits per heavy atom. The minimum Gasteiger partial charge on any atom is -0.481 e. The molecule has 132 valence electrons. The zero-order chi connectivity index (χ0) is 18.1. The normalized spacial score (nSPS) is 13.8. The maximum Gasteiger partial charge on any atom is 0.335 e. The highest BCUT2D eigenvalue weighted by molar-refractivity contribution is 7.90. The van der Waals surface area contributed by atoms with Crippen LogP contribution in [0, 0.1) is 0 Å². The van der Waals surface area contributed by atoms with Gasteiger partial charge in [-0.2, -0.15) is 0 Å². The van der Waals surface area contributed by atoms with Crippen molar-refractivity contribution in [1.82, 2.24) is 20.4 Å². The maximum absolute atomic E-state index is 11.3. The van der Waals surface area contributed by atoms with Gasteiger partial charge in [0.05, 0.1) is 12.3 Å². The average molecular weight is 380 g/mol. The van der Waals surface area contributed by atoms with Crippen molar-refractivity contribution in [1.29, 1.82) is 0 Å². The van der Waals surface area contributed by atoms with Crippen LogP contribution < -0.4 is 0 Å². The fraction of sp³-hybridized carbons (Fsp3) is 0.500. The number of carbonyl (C=O) groups is 1. The van der Waals surface area contributed by atoms with Crippen molar-refractivity contribution < 1.29 is 35.6 Å². The number of aliphatic carboxylic acids is 1. The number of nitrogens with zero attached hydrogens (tertiary/aromatic N) is 4. The Hall–Kier alpha value is -2.35. The zero-order valence-electron chi connectivity index (χ0n) is 12.4. The van der Waals surface area contributed by atoms with Gasteiger partial charge in [0.2, 0.25) is 31.5 Å². The van der Waals surface area contributed by atoms with Crippen molar-refractivity contribution in [2.45, 2.75) is 29.2 Å². The number of sulfone groups is 2. The number of hydrogen-bond acceptors (Lipinski definition) is 11. The van der Waals surface area contributed by atoms with Crippen LogP contribution in [0.4, 0.5) is 0 Å². The van der Waals surface area contributed by atoms with Crippen LogP contribution in [0.3, 0.4) is 0 Å². The summed E-state index contributed by atoms with van der Waals surface area (Å²) >= 11 is 0. The van der Waals surface area contributed by atoms with Gasteiger partial charge < -0.3 is 13.9 Å². The number of rotatable bonds is 7. The molecule has 1 unspecified atom stereocenters. The molecular weight excluding hydrogens is 368 g/mol. The van der Waals surface area contributed by atoms with Crippen LogP contribution in [0.25, 0.3) is 0 Å². The molecule has 12 nitrogen and oxygen atoms in total. The smallest absolute Gasteiger partial charge is 0.335 e. The summed E-state index contributed by atoms with van der Waals surface area (Å²) in [7, 11) is -7.46. The lowest BCUT2D eigenvalue weighted by Crippen LogP contribution is -2.10. The summed E-state index contributed by atoms with van der Waals surface area (Å²) in [6, 6.07) is 0. The summed E-state index contributed by atoms with van der Waals surface area (Å²) in [5, 5.41) is 21.4. The first kappa shape index (κ1) is 18.0. The van der Waals surface area contributed by atoms with Crippen LogP contribution >= 0.6 is 0 Å². The first-order valence-electron chi connectivity index (χ1n) is 6.24. The molecule has 0 fully saturated rings. The number of hydrogen-bond donors (Lipinski definition) is 1.